The highest BCUT2D eigenvalue weighted by Crippen LogP contribution is 2.27. The molecule has 0 unspecified atom stereocenters. The van der Waals surface area contributed by atoms with Crippen molar-refractivity contribution < 1.29 is 4.79 Å². The first-order chi connectivity index (χ1) is 8.89. The highest BCUT2D eigenvalue weighted by molar-refractivity contribution is 9.11. The summed E-state index contributed by atoms with van der Waals surface area (Å²) in [5.74, 6) is -0.135. The van der Waals surface area contributed by atoms with Gasteiger partial charge in [-0.15, -0.1) is 0 Å². The van der Waals surface area contributed by atoms with Gasteiger partial charge in [0.1, 0.15) is 0 Å². The van der Waals surface area contributed by atoms with E-state index in [1.165, 1.54) is 11.3 Å². The second-order valence-electron chi connectivity index (χ2n) is 4.41. The highest BCUT2D eigenvalue weighted by Gasteiger charge is 2.31. The van der Waals surface area contributed by atoms with E-state index in [-0.39, 0.29) is 5.91 Å². The van der Waals surface area contributed by atoms with Crippen LogP contribution in [0.1, 0.15) is 19.5 Å². The second kappa shape index (κ2) is 5.68. The number of halogens is 2. The average molecular weight is 405 g/mol. The number of pyridine rings is 1. The van der Waals surface area contributed by atoms with Gasteiger partial charge in [-0.3, -0.25) is 9.78 Å². The number of carbonyl (C=O) groups is 1. The van der Waals surface area contributed by atoms with Crippen LogP contribution in [0.3, 0.4) is 0 Å². The van der Waals surface area contributed by atoms with Crippen LogP contribution >= 0.6 is 43.2 Å². The maximum atomic E-state index is 12.3. The number of carbonyl (C=O) groups excluding carboxylic acids is 1. The van der Waals surface area contributed by atoms with Crippen LogP contribution in [0, 0.1) is 0 Å². The number of aromatic nitrogens is 2. The lowest BCUT2D eigenvalue weighted by Crippen LogP contribution is -2.35. The number of thiazole rings is 1. The Hall–Kier alpha value is -0.790. The Morgan fingerprint density at radius 3 is 2.53 bits per heavy atom. The minimum Gasteiger partial charge on any atom is -0.301 e. The molecule has 0 aliphatic heterocycles. The number of nitrogens with zero attached hydrogens (tertiary/aromatic N) is 2. The topological polar surface area (TPSA) is 54.9 Å². The normalized spacial score (nSPS) is 11.4. The molecule has 0 radical (unpaired) electrons. The molecule has 1 N–H and O–H groups in total. The van der Waals surface area contributed by atoms with Gasteiger partial charge < -0.3 is 5.32 Å². The number of anilines is 1. The Bertz CT molecular complexity index is 595. The van der Waals surface area contributed by atoms with Crippen molar-refractivity contribution >= 4 is 54.2 Å². The summed E-state index contributed by atoms with van der Waals surface area (Å²) in [4.78, 5) is 20.7. The van der Waals surface area contributed by atoms with E-state index in [9.17, 15) is 4.79 Å². The van der Waals surface area contributed by atoms with Gasteiger partial charge in [0, 0.05) is 10.7 Å². The molecule has 2 aromatic rings. The van der Waals surface area contributed by atoms with Crippen LogP contribution in [0.4, 0.5) is 5.13 Å². The van der Waals surface area contributed by atoms with E-state index in [1.54, 1.807) is 12.4 Å². The second-order valence-corrected chi connectivity index (χ2v) is 7.74. The van der Waals surface area contributed by atoms with E-state index in [1.807, 2.05) is 26.0 Å². The minimum atomic E-state index is -0.723. The van der Waals surface area contributed by atoms with Gasteiger partial charge in [0.15, 0.2) is 5.13 Å². The smallest absolute Gasteiger partial charge is 0.237 e. The summed E-state index contributed by atoms with van der Waals surface area (Å²) in [5.41, 5.74) is -0.0115. The van der Waals surface area contributed by atoms with E-state index in [4.69, 9.17) is 0 Å². The van der Waals surface area contributed by atoms with Crippen molar-refractivity contribution in [3.05, 3.63) is 38.5 Å². The number of nitrogens with one attached hydrogen (secondary N) is 1. The Morgan fingerprint density at radius 1 is 1.26 bits per heavy atom. The van der Waals surface area contributed by atoms with Crippen LogP contribution in [-0.4, -0.2) is 15.9 Å². The predicted octanol–water partition coefficient (Wildman–Crippen LogP) is 3.98. The molecule has 0 atom stereocenters. The summed E-state index contributed by atoms with van der Waals surface area (Å²) in [6, 6.07) is 3.71. The van der Waals surface area contributed by atoms with Gasteiger partial charge in [-0.1, -0.05) is 11.3 Å². The van der Waals surface area contributed by atoms with Crippen LogP contribution in [0.5, 0.6) is 0 Å². The van der Waals surface area contributed by atoms with E-state index < -0.39 is 5.41 Å². The third-order valence-corrected chi connectivity index (χ3v) is 4.49. The zero-order chi connectivity index (χ0) is 14.0. The molecule has 4 nitrogen and oxygen atoms in total. The van der Waals surface area contributed by atoms with Crippen molar-refractivity contribution in [2.75, 3.05) is 5.32 Å². The van der Waals surface area contributed by atoms with E-state index in [0.717, 1.165) is 8.26 Å². The summed E-state index contributed by atoms with van der Waals surface area (Å²) < 4.78 is 1.76. The molecule has 0 fully saturated rings. The standard InChI is InChI=1S/C12H11Br2N3OS/c1-12(2,8-4-3-7(13)5-15-8)10(18)17-11-16-6-9(14)19-11/h3-6H,1-2H3,(H,16,17,18). The van der Waals surface area contributed by atoms with Crippen LogP contribution in [0.25, 0.3) is 0 Å². The molecule has 0 saturated heterocycles. The van der Waals surface area contributed by atoms with E-state index in [0.29, 0.717) is 10.8 Å². The van der Waals surface area contributed by atoms with Gasteiger partial charge >= 0.3 is 0 Å². The molecule has 0 bridgehead atoms. The maximum Gasteiger partial charge on any atom is 0.237 e. The summed E-state index contributed by atoms with van der Waals surface area (Å²) in [6.07, 6.45) is 3.34. The maximum absolute atomic E-state index is 12.3. The molecule has 2 rings (SSSR count). The SMILES string of the molecule is CC(C)(C(=O)Nc1ncc(Br)s1)c1ccc(Br)cn1. The van der Waals surface area contributed by atoms with Crippen LogP contribution < -0.4 is 5.32 Å². The van der Waals surface area contributed by atoms with Gasteiger partial charge in [0.25, 0.3) is 0 Å². The molecule has 2 heterocycles. The number of hydrogen-bond acceptors (Lipinski definition) is 4. The van der Waals surface area contributed by atoms with Gasteiger partial charge in [0.05, 0.1) is 21.1 Å². The van der Waals surface area contributed by atoms with Crippen molar-refractivity contribution in [1.29, 1.82) is 0 Å². The van der Waals surface area contributed by atoms with Crippen molar-refractivity contribution in [3.63, 3.8) is 0 Å². The molecule has 0 aromatic carbocycles. The first kappa shape index (κ1) is 14.6. The lowest BCUT2D eigenvalue weighted by molar-refractivity contribution is -0.120. The summed E-state index contributed by atoms with van der Waals surface area (Å²) in [5, 5.41) is 3.37. The van der Waals surface area contributed by atoms with Crippen molar-refractivity contribution in [3.8, 4) is 0 Å². The fraction of sp³-hybridized carbons (Fsp3) is 0.250. The zero-order valence-corrected chi connectivity index (χ0v) is 14.3. The van der Waals surface area contributed by atoms with E-state index in [2.05, 4.69) is 47.1 Å². The molecule has 7 heteroatoms. The predicted molar refractivity (Wildman–Crippen MR) is 83.4 cm³/mol. The molecule has 0 saturated carbocycles. The molecule has 19 heavy (non-hydrogen) atoms. The molecule has 2 aromatic heterocycles. The van der Waals surface area contributed by atoms with Gasteiger partial charge in [-0.25, -0.2) is 4.98 Å². The van der Waals surface area contributed by atoms with Gasteiger partial charge in [0.2, 0.25) is 5.91 Å². The van der Waals surface area contributed by atoms with Crippen molar-refractivity contribution in [1.82, 2.24) is 9.97 Å². The molecule has 1 amide bonds. The zero-order valence-electron chi connectivity index (χ0n) is 10.3. The Kier molecular flexibility index (Phi) is 4.37. The van der Waals surface area contributed by atoms with E-state index >= 15 is 0 Å². The van der Waals surface area contributed by atoms with Gasteiger partial charge in [-0.2, -0.15) is 0 Å². The Labute approximate surface area is 131 Å². The highest BCUT2D eigenvalue weighted by atomic mass is 79.9. The van der Waals surface area contributed by atoms with Crippen LogP contribution in [0.15, 0.2) is 32.8 Å². The first-order valence-corrected chi connectivity index (χ1v) is 7.84. The fourth-order valence-corrected chi connectivity index (χ4v) is 2.76. The summed E-state index contributed by atoms with van der Waals surface area (Å²) in [6.45, 7) is 3.67. The van der Waals surface area contributed by atoms with Crippen molar-refractivity contribution in [2.45, 2.75) is 19.3 Å². The van der Waals surface area contributed by atoms with Crippen LogP contribution in [0.2, 0.25) is 0 Å². The number of hydrogen-bond donors (Lipinski definition) is 1. The van der Waals surface area contributed by atoms with Crippen molar-refractivity contribution in [2.24, 2.45) is 0 Å². The average Bonchev–Trinajstić information content (AvgIpc) is 2.75. The molecule has 0 aliphatic rings. The quantitative estimate of drug-likeness (QED) is 0.841. The lowest BCUT2D eigenvalue weighted by Gasteiger charge is -2.22. The fourth-order valence-electron chi connectivity index (χ4n) is 1.43. The van der Waals surface area contributed by atoms with Crippen LogP contribution in [-0.2, 0) is 10.2 Å². The molecule has 100 valence electrons. The third kappa shape index (κ3) is 3.40. The monoisotopic (exact) mass is 403 g/mol. The molecule has 0 aliphatic carbocycles. The minimum absolute atomic E-state index is 0.135. The molecule has 0 spiro atoms. The summed E-state index contributed by atoms with van der Waals surface area (Å²) >= 11 is 8.02. The Balaban J connectivity index is 2.19. The third-order valence-electron chi connectivity index (χ3n) is 2.63. The lowest BCUT2D eigenvalue weighted by atomic mass is 9.88. The molecular formula is C12H11Br2N3OS. The number of amides is 1. The van der Waals surface area contributed by atoms with Gasteiger partial charge in [-0.05, 0) is 57.8 Å². The molecular weight excluding hydrogens is 394 g/mol. The first-order valence-electron chi connectivity index (χ1n) is 5.44. The number of rotatable bonds is 3. The summed E-state index contributed by atoms with van der Waals surface area (Å²) in [7, 11) is 0. The largest absolute Gasteiger partial charge is 0.301 e. The Morgan fingerprint density at radius 2 is 2.00 bits per heavy atom.